The second-order valence-corrected chi connectivity index (χ2v) is 13.5. The number of thiophene rings is 1. The predicted octanol–water partition coefficient (Wildman–Crippen LogP) is 5.91. The van der Waals surface area contributed by atoms with E-state index in [9.17, 15) is 9.35 Å². The van der Waals surface area contributed by atoms with E-state index in [1.165, 1.54) is 22.5 Å². The second-order valence-electron chi connectivity index (χ2n) is 10.2. The van der Waals surface area contributed by atoms with Gasteiger partial charge >= 0.3 is 0 Å². The van der Waals surface area contributed by atoms with Gasteiger partial charge in [0.25, 0.3) is 5.91 Å². The number of benzene rings is 2. The minimum absolute atomic E-state index is 0.151. The molecule has 1 atom stereocenters. The Labute approximate surface area is 226 Å². The summed E-state index contributed by atoms with van der Waals surface area (Å²) in [7, 11) is 0. The number of nitrogens with zero attached hydrogens (tertiary/aromatic N) is 1. The summed E-state index contributed by atoms with van der Waals surface area (Å²) in [5, 5.41) is 7.19. The zero-order chi connectivity index (χ0) is 25.7. The molecule has 36 heavy (non-hydrogen) atoms. The van der Waals surface area contributed by atoms with Crippen LogP contribution in [0.2, 0.25) is 5.02 Å². The first-order valence-electron chi connectivity index (χ1n) is 12.3. The standard InChI is InChI=1S/C28H34ClN3O2S2/c1-28(2,3)22-8-4-20(5-9-22)18-30-24-14-16-32(17-15-24)36(34)26-13-12-25(35-26)19-31-27(33)21-6-10-23(29)11-7-21/h4-13,24,30H,14-19H2,1-3H3,(H,31,33). The van der Waals surface area contributed by atoms with E-state index in [2.05, 4.69) is 60.0 Å². The van der Waals surface area contributed by atoms with Gasteiger partial charge in [-0.3, -0.25) is 4.79 Å². The number of hydrogen-bond acceptors (Lipinski definition) is 5. The normalized spacial score (nSPS) is 16.1. The van der Waals surface area contributed by atoms with Gasteiger partial charge in [-0.05, 0) is 59.7 Å². The lowest BCUT2D eigenvalue weighted by Crippen LogP contribution is -2.44. The number of hydrogen-bond donors (Lipinski definition) is 2. The van der Waals surface area contributed by atoms with E-state index in [1.807, 2.05) is 12.1 Å². The maximum absolute atomic E-state index is 13.1. The average Bonchev–Trinajstić information content (AvgIpc) is 3.35. The molecule has 1 aliphatic heterocycles. The van der Waals surface area contributed by atoms with Gasteiger partial charge in [0.05, 0.1) is 17.9 Å². The molecule has 2 aromatic carbocycles. The molecule has 0 bridgehead atoms. The molecule has 4 rings (SSSR count). The molecule has 1 amide bonds. The van der Waals surface area contributed by atoms with Gasteiger partial charge in [-0.15, -0.1) is 4.31 Å². The lowest BCUT2D eigenvalue weighted by molar-refractivity contribution is 0.0951. The first kappa shape index (κ1) is 27.2. The minimum atomic E-state index is -1.17. The molecule has 2 heterocycles. The maximum Gasteiger partial charge on any atom is 0.251 e. The van der Waals surface area contributed by atoms with Crippen molar-refractivity contribution in [3.05, 3.63) is 87.3 Å². The van der Waals surface area contributed by atoms with Gasteiger partial charge in [-0.2, -0.15) is 0 Å². The molecule has 8 heteroatoms. The van der Waals surface area contributed by atoms with Crippen LogP contribution in [-0.4, -0.2) is 33.9 Å². The van der Waals surface area contributed by atoms with E-state index >= 15 is 0 Å². The molecule has 1 aromatic heterocycles. The largest absolute Gasteiger partial charge is 0.592 e. The third kappa shape index (κ3) is 7.34. The zero-order valence-corrected chi connectivity index (χ0v) is 23.4. The first-order chi connectivity index (χ1) is 17.2. The molecule has 1 aliphatic rings. The molecule has 2 N–H and O–H groups in total. The van der Waals surface area contributed by atoms with Crippen molar-refractivity contribution in [3.8, 4) is 0 Å². The van der Waals surface area contributed by atoms with Crippen molar-refractivity contribution in [2.24, 2.45) is 0 Å². The number of rotatable bonds is 8. The van der Waals surface area contributed by atoms with Gasteiger partial charge in [0.1, 0.15) is 0 Å². The van der Waals surface area contributed by atoms with Gasteiger partial charge < -0.3 is 15.2 Å². The summed E-state index contributed by atoms with van der Waals surface area (Å²) < 4.78 is 16.0. The third-order valence-corrected chi connectivity index (χ3v) is 9.57. The highest BCUT2D eigenvalue weighted by Crippen LogP contribution is 2.27. The Morgan fingerprint density at radius 1 is 1.03 bits per heavy atom. The number of nitrogens with one attached hydrogen (secondary N) is 2. The SMILES string of the molecule is CC(C)(C)c1ccc(CNC2CCN([S+]([O-])c3ccc(CNC(=O)c4ccc(Cl)cc4)s3)CC2)cc1. The van der Waals surface area contributed by atoms with Crippen molar-refractivity contribution >= 4 is 40.2 Å². The van der Waals surface area contributed by atoms with Crippen LogP contribution in [0.1, 0.15) is 60.0 Å². The Kier molecular flexibility index (Phi) is 9.15. The Balaban J connectivity index is 1.21. The number of amides is 1. The predicted molar refractivity (Wildman–Crippen MR) is 150 cm³/mol. The topological polar surface area (TPSA) is 67.4 Å². The average molecular weight is 544 g/mol. The third-order valence-electron chi connectivity index (χ3n) is 6.44. The van der Waals surface area contributed by atoms with Crippen molar-refractivity contribution in [3.63, 3.8) is 0 Å². The van der Waals surface area contributed by atoms with Crippen molar-refractivity contribution in [1.29, 1.82) is 0 Å². The van der Waals surface area contributed by atoms with Crippen molar-refractivity contribution in [2.75, 3.05) is 13.1 Å². The van der Waals surface area contributed by atoms with Crippen LogP contribution in [0.25, 0.3) is 0 Å². The van der Waals surface area contributed by atoms with Crippen molar-refractivity contribution in [2.45, 2.75) is 62.4 Å². The number of carbonyl (C=O) groups is 1. The van der Waals surface area contributed by atoms with Crippen LogP contribution in [0, 0.1) is 0 Å². The van der Waals surface area contributed by atoms with E-state index in [1.54, 1.807) is 24.3 Å². The molecule has 1 unspecified atom stereocenters. The monoisotopic (exact) mass is 543 g/mol. The highest BCUT2D eigenvalue weighted by Gasteiger charge is 2.29. The lowest BCUT2D eigenvalue weighted by atomic mass is 9.87. The smallest absolute Gasteiger partial charge is 0.251 e. The quantitative estimate of drug-likeness (QED) is 0.347. The molecule has 1 fully saturated rings. The second kappa shape index (κ2) is 12.1. The molecule has 0 saturated carbocycles. The molecule has 192 valence electrons. The summed E-state index contributed by atoms with van der Waals surface area (Å²) in [5.74, 6) is -0.151. The zero-order valence-electron chi connectivity index (χ0n) is 21.1. The van der Waals surface area contributed by atoms with Crippen LogP contribution in [-0.2, 0) is 29.9 Å². The maximum atomic E-state index is 13.1. The fourth-order valence-electron chi connectivity index (χ4n) is 4.16. The summed E-state index contributed by atoms with van der Waals surface area (Å²) in [4.78, 5) is 13.3. The molecular weight excluding hydrogens is 510 g/mol. The number of carbonyl (C=O) groups excluding carboxylic acids is 1. The van der Waals surface area contributed by atoms with Crippen LogP contribution in [0.5, 0.6) is 0 Å². The first-order valence-corrected chi connectivity index (χ1v) is 14.6. The molecule has 0 aliphatic carbocycles. The molecule has 5 nitrogen and oxygen atoms in total. The highest BCUT2D eigenvalue weighted by molar-refractivity contribution is 7.91. The summed E-state index contributed by atoms with van der Waals surface area (Å²) in [5.41, 5.74) is 3.38. The van der Waals surface area contributed by atoms with E-state index in [0.29, 0.717) is 23.2 Å². The van der Waals surface area contributed by atoms with E-state index < -0.39 is 11.4 Å². The van der Waals surface area contributed by atoms with Crippen LogP contribution >= 0.6 is 22.9 Å². The lowest BCUT2D eigenvalue weighted by Gasteiger charge is -2.31. The van der Waals surface area contributed by atoms with Crippen LogP contribution in [0.15, 0.2) is 64.9 Å². The van der Waals surface area contributed by atoms with Crippen molar-refractivity contribution < 1.29 is 9.35 Å². The fourth-order valence-corrected chi connectivity index (χ4v) is 6.86. The molecular formula is C28H34ClN3O2S2. The number of halogens is 1. The van der Waals surface area contributed by atoms with E-state index in [-0.39, 0.29) is 11.3 Å². The van der Waals surface area contributed by atoms with Gasteiger partial charge in [0.2, 0.25) is 4.21 Å². The van der Waals surface area contributed by atoms with Crippen LogP contribution in [0.4, 0.5) is 0 Å². The summed E-state index contributed by atoms with van der Waals surface area (Å²) >= 11 is 6.21. The Morgan fingerprint density at radius 2 is 1.69 bits per heavy atom. The van der Waals surface area contributed by atoms with Crippen LogP contribution in [0.3, 0.4) is 0 Å². The highest BCUT2D eigenvalue weighted by atomic mass is 35.5. The summed E-state index contributed by atoms with van der Waals surface area (Å²) in [6, 6.07) is 20.0. The fraction of sp³-hybridized carbons (Fsp3) is 0.393. The Bertz CT molecular complexity index is 1130. The Morgan fingerprint density at radius 3 is 2.33 bits per heavy atom. The van der Waals surface area contributed by atoms with Gasteiger partial charge in [0, 0.05) is 47.2 Å². The van der Waals surface area contributed by atoms with Gasteiger partial charge in [0.15, 0.2) is 0 Å². The molecule has 1 saturated heterocycles. The molecule has 0 radical (unpaired) electrons. The van der Waals surface area contributed by atoms with E-state index in [0.717, 1.165) is 41.6 Å². The van der Waals surface area contributed by atoms with Crippen LogP contribution < -0.4 is 10.6 Å². The molecule has 0 spiro atoms. The van der Waals surface area contributed by atoms with E-state index in [4.69, 9.17) is 11.6 Å². The molecule has 3 aromatic rings. The Hall–Kier alpha value is -1.87. The number of piperidine rings is 1. The minimum Gasteiger partial charge on any atom is -0.592 e. The van der Waals surface area contributed by atoms with Gasteiger partial charge in [-0.25, -0.2) is 0 Å². The summed E-state index contributed by atoms with van der Waals surface area (Å²) in [6.45, 7) is 9.56. The van der Waals surface area contributed by atoms with Crippen molar-refractivity contribution in [1.82, 2.24) is 14.9 Å². The van der Waals surface area contributed by atoms with Gasteiger partial charge in [-0.1, -0.05) is 68.0 Å². The summed E-state index contributed by atoms with van der Waals surface area (Å²) in [6.07, 6.45) is 1.95.